The molecule has 0 bridgehead atoms. The van der Waals surface area contributed by atoms with E-state index in [-0.39, 0.29) is 0 Å². The average Bonchev–Trinajstić information content (AvgIpc) is 2.04. The second kappa shape index (κ2) is 10.8. The molecule has 0 radical (unpaired) electrons. The Kier molecular flexibility index (Phi) is 12.7. The van der Waals surface area contributed by atoms with E-state index in [0.717, 1.165) is 0 Å². The number of ether oxygens (including phenoxy) is 1. The molecular weight excluding hydrogens is 126 g/mol. The summed E-state index contributed by atoms with van der Waals surface area (Å²) in [5.41, 5.74) is 0. The van der Waals surface area contributed by atoms with Gasteiger partial charge in [0.25, 0.3) is 0 Å². The second-order valence-corrected chi connectivity index (χ2v) is 1.12. The first kappa shape index (κ1) is 11.7. The summed E-state index contributed by atoms with van der Waals surface area (Å²) in [6.07, 6.45) is 3.06. The molecule has 0 aromatic heterocycles. The first-order valence-electron chi connectivity index (χ1n) is 3.17. The molecule has 0 N–H and O–H groups in total. The van der Waals surface area contributed by atoms with Crippen molar-refractivity contribution in [2.75, 3.05) is 7.11 Å². The lowest BCUT2D eigenvalue weighted by Crippen LogP contribution is -1.77. The van der Waals surface area contributed by atoms with Crippen LogP contribution in [0.5, 0.6) is 0 Å². The molecule has 10 heavy (non-hydrogen) atoms. The predicted octanol–water partition coefficient (Wildman–Crippen LogP) is 2.39. The van der Waals surface area contributed by atoms with Crippen molar-refractivity contribution in [2.45, 2.75) is 13.8 Å². The van der Waals surface area contributed by atoms with Crippen LogP contribution in [0.1, 0.15) is 13.8 Å². The topological polar surface area (TPSA) is 21.6 Å². The van der Waals surface area contributed by atoms with Gasteiger partial charge in [0.15, 0.2) is 0 Å². The van der Waals surface area contributed by atoms with Crippen LogP contribution in [-0.2, 0) is 4.74 Å². The summed E-state index contributed by atoms with van der Waals surface area (Å²) >= 11 is 0. The van der Waals surface area contributed by atoms with E-state index in [9.17, 15) is 0 Å². The van der Waals surface area contributed by atoms with Gasteiger partial charge in [-0.3, -0.25) is 4.99 Å². The van der Waals surface area contributed by atoms with Crippen molar-refractivity contribution in [3.05, 3.63) is 24.6 Å². The van der Waals surface area contributed by atoms with Gasteiger partial charge in [-0.2, -0.15) is 0 Å². The lowest BCUT2D eigenvalue weighted by atomic mass is 10.5. The largest absolute Gasteiger partial charge is 0.495 e. The molecular formula is C8H15NO. The molecule has 0 aromatic rings. The zero-order valence-electron chi connectivity index (χ0n) is 6.92. The second-order valence-electron chi connectivity index (χ2n) is 1.12. The Bertz CT molecular complexity index is 116. The molecule has 0 aliphatic rings. The summed E-state index contributed by atoms with van der Waals surface area (Å²) in [4.78, 5) is 3.47. The number of aliphatic imine (C=N–C) groups is 1. The molecule has 0 aliphatic heterocycles. The van der Waals surface area contributed by atoms with Crippen LogP contribution in [0, 0.1) is 0 Å². The Labute approximate surface area is 62.9 Å². The molecule has 0 heterocycles. The van der Waals surface area contributed by atoms with Gasteiger partial charge >= 0.3 is 0 Å². The molecule has 2 heteroatoms. The highest BCUT2D eigenvalue weighted by Gasteiger charge is 1.80. The number of hydrogen-bond donors (Lipinski definition) is 0. The van der Waals surface area contributed by atoms with Crippen molar-refractivity contribution in [3.63, 3.8) is 0 Å². The van der Waals surface area contributed by atoms with E-state index >= 15 is 0 Å². The summed E-state index contributed by atoms with van der Waals surface area (Å²) in [6.45, 7) is 10.7. The van der Waals surface area contributed by atoms with Crippen LogP contribution in [0.25, 0.3) is 0 Å². The van der Waals surface area contributed by atoms with E-state index in [4.69, 9.17) is 4.74 Å². The monoisotopic (exact) mass is 141 g/mol. The molecule has 0 fully saturated rings. The van der Waals surface area contributed by atoms with Gasteiger partial charge in [0.2, 0.25) is 0 Å². The zero-order chi connectivity index (χ0) is 8.41. The van der Waals surface area contributed by atoms with Gasteiger partial charge in [-0.05, 0) is 12.8 Å². The highest BCUT2D eigenvalue weighted by atomic mass is 16.5. The first-order chi connectivity index (χ1) is 4.85. The fourth-order valence-corrected chi connectivity index (χ4v) is 0.279. The van der Waals surface area contributed by atoms with Crippen LogP contribution in [0.2, 0.25) is 0 Å². The SMILES string of the molecule is C=C/C(=C\N=C)OC.CC. The van der Waals surface area contributed by atoms with Crippen molar-refractivity contribution in [2.24, 2.45) is 4.99 Å². The minimum atomic E-state index is 0.625. The van der Waals surface area contributed by atoms with E-state index in [0.29, 0.717) is 5.76 Å². The Hall–Kier alpha value is -1.05. The molecule has 0 saturated heterocycles. The minimum Gasteiger partial charge on any atom is -0.495 e. The summed E-state index contributed by atoms with van der Waals surface area (Å²) in [7, 11) is 1.55. The summed E-state index contributed by atoms with van der Waals surface area (Å²) in [5, 5.41) is 0. The number of nitrogens with zero attached hydrogens (tertiary/aromatic N) is 1. The Balaban J connectivity index is 0. The summed E-state index contributed by atoms with van der Waals surface area (Å²) in [5.74, 6) is 0.625. The lowest BCUT2D eigenvalue weighted by Gasteiger charge is -1.93. The third-order valence-electron chi connectivity index (χ3n) is 0.655. The van der Waals surface area contributed by atoms with Gasteiger partial charge in [0.1, 0.15) is 5.76 Å². The maximum atomic E-state index is 4.75. The molecule has 2 nitrogen and oxygen atoms in total. The van der Waals surface area contributed by atoms with Crippen molar-refractivity contribution < 1.29 is 4.74 Å². The maximum Gasteiger partial charge on any atom is 0.136 e. The lowest BCUT2D eigenvalue weighted by molar-refractivity contribution is 0.306. The van der Waals surface area contributed by atoms with Gasteiger partial charge in [-0.25, -0.2) is 0 Å². The van der Waals surface area contributed by atoms with Crippen molar-refractivity contribution in [1.29, 1.82) is 0 Å². The van der Waals surface area contributed by atoms with Crippen LogP contribution in [0.3, 0.4) is 0 Å². The van der Waals surface area contributed by atoms with Gasteiger partial charge in [0.05, 0.1) is 13.3 Å². The Morgan fingerprint density at radius 2 is 2.00 bits per heavy atom. The average molecular weight is 141 g/mol. The van der Waals surface area contributed by atoms with Crippen LogP contribution in [-0.4, -0.2) is 13.8 Å². The number of allylic oxidation sites excluding steroid dienone is 1. The molecule has 0 amide bonds. The predicted molar refractivity (Wildman–Crippen MR) is 46.2 cm³/mol. The van der Waals surface area contributed by atoms with Gasteiger partial charge < -0.3 is 4.74 Å². The Morgan fingerprint density at radius 3 is 2.10 bits per heavy atom. The van der Waals surface area contributed by atoms with E-state index in [1.807, 2.05) is 13.8 Å². The molecule has 0 rings (SSSR count). The van der Waals surface area contributed by atoms with Crippen molar-refractivity contribution >= 4 is 6.72 Å². The van der Waals surface area contributed by atoms with Crippen LogP contribution < -0.4 is 0 Å². The molecule has 0 unspecified atom stereocenters. The molecule has 0 aromatic carbocycles. The number of rotatable bonds is 3. The molecule has 0 aliphatic carbocycles. The van der Waals surface area contributed by atoms with Gasteiger partial charge in [0, 0.05) is 0 Å². The maximum absolute atomic E-state index is 4.75. The van der Waals surface area contributed by atoms with E-state index in [1.54, 1.807) is 13.2 Å². The van der Waals surface area contributed by atoms with Crippen molar-refractivity contribution in [1.82, 2.24) is 0 Å². The zero-order valence-corrected chi connectivity index (χ0v) is 6.92. The van der Waals surface area contributed by atoms with Crippen molar-refractivity contribution in [3.8, 4) is 0 Å². The smallest absolute Gasteiger partial charge is 0.136 e. The first-order valence-corrected chi connectivity index (χ1v) is 3.17. The Morgan fingerprint density at radius 1 is 1.50 bits per heavy atom. The van der Waals surface area contributed by atoms with E-state index < -0.39 is 0 Å². The van der Waals surface area contributed by atoms with E-state index in [1.165, 1.54) is 6.20 Å². The molecule has 0 atom stereocenters. The molecule has 58 valence electrons. The third-order valence-corrected chi connectivity index (χ3v) is 0.655. The quantitative estimate of drug-likeness (QED) is 0.336. The van der Waals surface area contributed by atoms with Gasteiger partial charge in [-0.1, -0.05) is 20.4 Å². The van der Waals surface area contributed by atoms with Crippen LogP contribution in [0.15, 0.2) is 29.6 Å². The number of methoxy groups -OCH3 is 1. The van der Waals surface area contributed by atoms with Gasteiger partial charge in [-0.15, -0.1) is 0 Å². The normalized spacial score (nSPS) is 8.90. The highest BCUT2D eigenvalue weighted by Crippen LogP contribution is 1.93. The fraction of sp³-hybridized carbons (Fsp3) is 0.375. The fourth-order valence-electron chi connectivity index (χ4n) is 0.279. The molecule has 0 saturated carbocycles. The summed E-state index contributed by atoms with van der Waals surface area (Å²) in [6, 6.07) is 0. The minimum absolute atomic E-state index is 0.625. The highest BCUT2D eigenvalue weighted by molar-refractivity contribution is 5.27. The van der Waals surface area contributed by atoms with Crippen LogP contribution >= 0.6 is 0 Å². The van der Waals surface area contributed by atoms with E-state index in [2.05, 4.69) is 18.3 Å². The molecule has 0 spiro atoms. The summed E-state index contributed by atoms with van der Waals surface area (Å²) < 4.78 is 4.75. The van der Waals surface area contributed by atoms with Crippen LogP contribution in [0.4, 0.5) is 0 Å². The third kappa shape index (κ3) is 6.95. The number of hydrogen-bond acceptors (Lipinski definition) is 2. The standard InChI is InChI=1S/C6H9NO.C2H6/c1-4-6(8-3)5-7-2;1-2/h4-5H,1-2H2,3H3;1-2H3/b6-5+;.